The summed E-state index contributed by atoms with van der Waals surface area (Å²) >= 11 is 0. The summed E-state index contributed by atoms with van der Waals surface area (Å²) in [6.07, 6.45) is 0. The Kier molecular flexibility index (Phi) is 4.45. The molecule has 0 heterocycles. The van der Waals surface area contributed by atoms with Crippen molar-refractivity contribution in [1.29, 1.82) is 0 Å². The van der Waals surface area contributed by atoms with Gasteiger partial charge in [-0.05, 0) is 43.7 Å². The lowest BCUT2D eigenvalue weighted by molar-refractivity contribution is 0.448. The molecule has 0 saturated heterocycles. The molecule has 2 aromatic rings. The van der Waals surface area contributed by atoms with Crippen LogP contribution in [0.1, 0.15) is 37.1 Å². The van der Waals surface area contributed by atoms with Crippen molar-refractivity contribution in [2.45, 2.75) is 25.9 Å². The van der Waals surface area contributed by atoms with Crippen LogP contribution in [0, 0.1) is 17.5 Å². The molecule has 1 N–H and O–H groups in total. The Hall–Kier alpha value is -1.81. The van der Waals surface area contributed by atoms with Crippen LogP contribution in [-0.2, 0) is 0 Å². The second kappa shape index (κ2) is 6.09. The van der Waals surface area contributed by atoms with Gasteiger partial charge in [0.1, 0.15) is 17.5 Å². The molecular weight excluding hydrogens is 263 g/mol. The largest absolute Gasteiger partial charge is 0.303 e. The summed E-state index contributed by atoms with van der Waals surface area (Å²) in [6, 6.07) is 9.18. The Morgan fingerprint density at radius 2 is 1.45 bits per heavy atom. The highest BCUT2D eigenvalue weighted by molar-refractivity contribution is 5.24. The topological polar surface area (TPSA) is 12.0 Å². The lowest BCUT2D eigenvalue weighted by Gasteiger charge is -2.21. The van der Waals surface area contributed by atoms with Crippen molar-refractivity contribution in [2.24, 2.45) is 0 Å². The van der Waals surface area contributed by atoms with E-state index in [4.69, 9.17) is 0 Å². The maximum Gasteiger partial charge on any atom is 0.130 e. The molecule has 0 bridgehead atoms. The predicted molar refractivity (Wildman–Crippen MR) is 72.7 cm³/mol. The van der Waals surface area contributed by atoms with Crippen LogP contribution in [0.5, 0.6) is 0 Å². The normalized spacial score (nSPS) is 14.1. The predicted octanol–water partition coefficient (Wildman–Crippen LogP) is 4.52. The van der Waals surface area contributed by atoms with Gasteiger partial charge >= 0.3 is 0 Å². The molecule has 0 fully saturated rings. The summed E-state index contributed by atoms with van der Waals surface area (Å²) in [4.78, 5) is 0. The van der Waals surface area contributed by atoms with Gasteiger partial charge in [0.25, 0.3) is 0 Å². The second-order valence-electron chi connectivity index (χ2n) is 4.80. The van der Waals surface area contributed by atoms with Crippen molar-refractivity contribution in [3.8, 4) is 0 Å². The Morgan fingerprint density at radius 1 is 0.850 bits per heavy atom. The smallest absolute Gasteiger partial charge is 0.130 e. The summed E-state index contributed by atoms with van der Waals surface area (Å²) in [5.41, 5.74) is 0.726. The zero-order valence-corrected chi connectivity index (χ0v) is 11.3. The van der Waals surface area contributed by atoms with Gasteiger partial charge in [-0.3, -0.25) is 0 Å². The van der Waals surface area contributed by atoms with E-state index in [9.17, 15) is 13.2 Å². The molecule has 2 aromatic carbocycles. The molecule has 0 aromatic heterocycles. The van der Waals surface area contributed by atoms with E-state index < -0.39 is 17.7 Å². The molecule has 0 amide bonds. The molecule has 0 spiro atoms. The highest BCUT2D eigenvalue weighted by atomic mass is 19.1. The quantitative estimate of drug-likeness (QED) is 0.868. The van der Waals surface area contributed by atoms with Gasteiger partial charge in [0.15, 0.2) is 0 Å². The first kappa shape index (κ1) is 14.6. The highest BCUT2D eigenvalue weighted by Gasteiger charge is 2.18. The van der Waals surface area contributed by atoms with Gasteiger partial charge in [0.05, 0.1) is 0 Å². The van der Waals surface area contributed by atoms with Crippen LogP contribution in [0.15, 0.2) is 42.5 Å². The van der Waals surface area contributed by atoms with E-state index in [0.29, 0.717) is 0 Å². The van der Waals surface area contributed by atoms with E-state index in [-0.39, 0.29) is 17.4 Å². The van der Waals surface area contributed by atoms with E-state index in [1.165, 1.54) is 30.3 Å². The van der Waals surface area contributed by atoms with E-state index in [0.717, 1.165) is 5.56 Å². The van der Waals surface area contributed by atoms with Crippen molar-refractivity contribution in [3.63, 3.8) is 0 Å². The molecule has 0 aliphatic heterocycles. The van der Waals surface area contributed by atoms with Crippen LogP contribution >= 0.6 is 0 Å². The minimum absolute atomic E-state index is 0.00393. The van der Waals surface area contributed by atoms with Gasteiger partial charge in [0.2, 0.25) is 0 Å². The molecule has 0 saturated carbocycles. The lowest BCUT2D eigenvalue weighted by atomic mass is 10.0. The second-order valence-corrected chi connectivity index (χ2v) is 4.80. The van der Waals surface area contributed by atoms with Crippen LogP contribution in [0.25, 0.3) is 0 Å². The average Bonchev–Trinajstić information content (AvgIpc) is 2.38. The van der Waals surface area contributed by atoms with Crippen molar-refractivity contribution >= 4 is 0 Å². The van der Waals surface area contributed by atoms with Crippen LogP contribution < -0.4 is 5.32 Å². The van der Waals surface area contributed by atoms with Gasteiger partial charge in [0, 0.05) is 17.6 Å². The standard InChI is InChI=1S/C16H16F3N/c1-10(12-5-3-6-13(17)9-12)20-11(2)16-14(18)7-4-8-15(16)19/h3-11,20H,1-2H3. The fraction of sp³-hybridized carbons (Fsp3) is 0.250. The Labute approximate surface area is 116 Å². The van der Waals surface area contributed by atoms with E-state index in [2.05, 4.69) is 5.32 Å². The fourth-order valence-electron chi connectivity index (χ4n) is 2.25. The van der Waals surface area contributed by atoms with Crippen LogP contribution in [0.4, 0.5) is 13.2 Å². The monoisotopic (exact) mass is 279 g/mol. The third-order valence-electron chi connectivity index (χ3n) is 3.28. The maximum absolute atomic E-state index is 13.7. The van der Waals surface area contributed by atoms with E-state index >= 15 is 0 Å². The Morgan fingerprint density at radius 3 is 2.05 bits per heavy atom. The zero-order valence-electron chi connectivity index (χ0n) is 11.3. The van der Waals surface area contributed by atoms with Crippen molar-refractivity contribution in [2.75, 3.05) is 0 Å². The van der Waals surface area contributed by atoms with Crippen molar-refractivity contribution in [3.05, 3.63) is 71.0 Å². The highest BCUT2D eigenvalue weighted by Crippen LogP contribution is 2.24. The molecule has 2 atom stereocenters. The number of hydrogen-bond donors (Lipinski definition) is 1. The first-order valence-corrected chi connectivity index (χ1v) is 6.44. The summed E-state index contributed by atoms with van der Waals surface area (Å²) in [5.74, 6) is -1.51. The molecule has 106 valence electrons. The minimum atomic E-state index is -0.587. The molecule has 2 unspecified atom stereocenters. The number of nitrogens with one attached hydrogen (secondary N) is 1. The van der Waals surface area contributed by atoms with Crippen LogP contribution in [0.3, 0.4) is 0 Å². The van der Waals surface area contributed by atoms with Crippen molar-refractivity contribution in [1.82, 2.24) is 5.32 Å². The molecule has 4 heteroatoms. The van der Waals surface area contributed by atoms with Gasteiger partial charge < -0.3 is 5.32 Å². The van der Waals surface area contributed by atoms with E-state index in [1.54, 1.807) is 19.1 Å². The molecular formula is C16H16F3N. The fourth-order valence-corrected chi connectivity index (χ4v) is 2.25. The Bertz CT molecular complexity index is 578. The van der Waals surface area contributed by atoms with Crippen LogP contribution in [0.2, 0.25) is 0 Å². The van der Waals surface area contributed by atoms with Gasteiger partial charge in [-0.2, -0.15) is 0 Å². The molecule has 2 rings (SSSR count). The molecule has 1 nitrogen and oxygen atoms in total. The lowest BCUT2D eigenvalue weighted by Crippen LogP contribution is -2.24. The number of hydrogen-bond acceptors (Lipinski definition) is 1. The van der Waals surface area contributed by atoms with Gasteiger partial charge in [-0.25, -0.2) is 13.2 Å². The summed E-state index contributed by atoms with van der Waals surface area (Å²) in [6.45, 7) is 3.50. The van der Waals surface area contributed by atoms with Crippen molar-refractivity contribution < 1.29 is 13.2 Å². The molecule has 0 aliphatic carbocycles. The third-order valence-corrected chi connectivity index (χ3v) is 3.28. The van der Waals surface area contributed by atoms with Gasteiger partial charge in [-0.15, -0.1) is 0 Å². The average molecular weight is 279 g/mol. The number of halogens is 3. The zero-order chi connectivity index (χ0) is 14.7. The first-order valence-electron chi connectivity index (χ1n) is 6.44. The SMILES string of the molecule is CC(NC(C)c1c(F)cccc1F)c1cccc(F)c1. The van der Waals surface area contributed by atoms with Crippen LogP contribution in [-0.4, -0.2) is 0 Å². The number of benzene rings is 2. The summed E-state index contributed by atoms with van der Waals surface area (Å²) in [7, 11) is 0. The minimum Gasteiger partial charge on any atom is -0.303 e. The third kappa shape index (κ3) is 3.20. The van der Waals surface area contributed by atoms with E-state index in [1.807, 2.05) is 6.92 Å². The van der Waals surface area contributed by atoms with Gasteiger partial charge in [-0.1, -0.05) is 18.2 Å². The number of rotatable bonds is 4. The molecule has 0 radical (unpaired) electrons. The summed E-state index contributed by atoms with van der Waals surface area (Å²) < 4.78 is 40.5. The Balaban J connectivity index is 2.17. The molecule has 20 heavy (non-hydrogen) atoms. The molecule has 0 aliphatic rings. The summed E-state index contributed by atoms with van der Waals surface area (Å²) in [5, 5.41) is 3.07. The first-order chi connectivity index (χ1) is 9.49. The maximum atomic E-state index is 13.7.